The Balaban J connectivity index is 1.65. The number of imidazole rings is 1. The zero-order chi connectivity index (χ0) is 24.3. The van der Waals surface area contributed by atoms with Crippen LogP contribution >= 0.6 is 23.2 Å². The number of ether oxygens (including phenoxy) is 1. The number of aromatic nitrogens is 4. The molecule has 0 radical (unpaired) electrons. The fourth-order valence-corrected chi connectivity index (χ4v) is 4.17. The SMILES string of the molecule is O=C(/C=C/C1CCCCC1)c1cc2[nH]c(Nc3c(Cl)cncc3Cl)nc2nc1OCC(F)(F)F. The number of carbonyl (C=O) groups excluding carboxylic acids is 1. The third-order valence-corrected chi connectivity index (χ3v) is 5.92. The van der Waals surface area contributed by atoms with Crippen molar-refractivity contribution in [1.29, 1.82) is 0 Å². The molecule has 3 aromatic heterocycles. The van der Waals surface area contributed by atoms with E-state index in [1.54, 1.807) is 0 Å². The van der Waals surface area contributed by atoms with Crippen LogP contribution in [0.1, 0.15) is 42.5 Å². The predicted octanol–water partition coefficient (Wildman–Crippen LogP) is 6.66. The van der Waals surface area contributed by atoms with Crippen LogP contribution in [0.4, 0.5) is 24.8 Å². The van der Waals surface area contributed by atoms with Crippen molar-refractivity contribution in [2.75, 3.05) is 11.9 Å². The number of anilines is 2. The van der Waals surface area contributed by atoms with Crippen molar-refractivity contribution in [3.8, 4) is 5.88 Å². The fraction of sp³-hybridized carbons (Fsp3) is 0.364. The van der Waals surface area contributed by atoms with Crippen LogP contribution < -0.4 is 10.1 Å². The summed E-state index contributed by atoms with van der Waals surface area (Å²) >= 11 is 12.2. The highest BCUT2D eigenvalue weighted by atomic mass is 35.5. The van der Waals surface area contributed by atoms with Gasteiger partial charge in [-0.25, -0.2) is 0 Å². The third-order valence-electron chi connectivity index (χ3n) is 5.34. The molecular formula is C22H20Cl2F3N5O2. The van der Waals surface area contributed by atoms with E-state index in [2.05, 4.69) is 25.3 Å². The molecule has 180 valence electrons. The summed E-state index contributed by atoms with van der Waals surface area (Å²) in [5.74, 6) is -0.504. The van der Waals surface area contributed by atoms with Crippen molar-refractivity contribution < 1.29 is 22.7 Å². The molecule has 0 bridgehead atoms. The monoisotopic (exact) mass is 513 g/mol. The van der Waals surface area contributed by atoms with Crippen LogP contribution in [0.15, 0.2) is 30.6 Å². The lowest BCUT2D eigenvalue weighted by atomic mass is 9.89. The van der Waals surface area contributed by atoms with Crippen LogP contribution in [0.5, 0.6) is 5.88 Å². The summed E-state index contributed by atoms with van der Waals surface area (Å²) in [4.78, 5) is 27.9. The Morgan fingerprint density at radius 3 is 2.56 bits per heavy atom. The Hall–Kier alpha value is -2.85. The zero-order valence-corrected chi connectivity index (χ0v) is 19.3. The number of aromatic amines is 1. The molecule has 1 aliphatic rings. The van der Waals surface area contributed by atoms with E-state index in [-0.39, 0.29) is 33.1 Å². The van der Waals surface area contributed by atoms with E-state index in [4.69, 9.17) is 27.9 Å². The number of ketones is 1. The number of hydrogen-bond acceptors (Lipinski definition) is 6. The summed E-state index contributed by atoms with van der Waals surface area (Å²) < 4.78 is 43.2. The van der Waals surface area contributed by atoms with Crippen molar-refractivity contribution in [1.82, 2.24) is 19.9 Å². The molecule has 0 aromatic carbocycles. The van der Waals surface area contributed by atoms with Crippen molar-refractivity contribution in [3.05, 3.63) is 46.2 Å². The van der Waals surface area contributed by atoms with Gasteiger partial charge in [0.25, 0.3) is 0 Å². The number of nitrogens with one attached hydrogen (secondary N) is 2. The second kappa shape index (κ2) is 10.2. The van der Waals surface area contributed by atoms with Gasteiger partial charge in [0.05, 0.1) is 26.8 Å². The molecule has 0 aliphatic heterocycles. The summed E-state index contributed by atoms with van der Waals surface area (Å²) in [6, 6.07) is 1.37. The molecule has 0 atom stereocenters. The second-order valence-corrected chi connectivity index (χ2v) is 8.74. The van der Waals surface area contributed by atoms with Gasteiger partial charge < -0.3 is 15.0 Å². The lowest BCUT2D eigenvalue weighted by molar-refractivity contribution is -0.154. The van der Waals surface area contributed by atoms with Gasteiger partial charge >= 0.3 is 6.18 Å². The number of H-pyrrole nitrogens is 1. The summed E-state index contributed by atoms with van der Waals surface area (Å²) in [6.07, 6.45) is 6.67. The summed E-state index contributed by atoms with van der Waals surface area (Å²) in [6.45, 7) is -1.59. The van der Waals surface area contributed by atoms with Gasteiger partial charge in [-0.3, -0.25) is 9.78 Å². The summed E-state index contributed by atoms with van der Waals surface area (Å²) in [5.41, 5.74) is 0.600. The Morgan fingerprint density at radius 1 is 1.18 bits per heavy atom. The van der Waals surface area contributed by atoms with Crippen LogP contribution in [0.2, 0.25) is 10.0 Å². The van der Waals surface area contributed by atoms with Gasteiger partial charge in [0.2, 0.25) is 11.8 Å². The number of nitrogens with zero attached hydrogens (tertiary/aromatic N) is 3. The van der Waals surface area contributed by atoms with Crippen molar-refractivity contribution in [2.24, 2.45) is 5.92 Å². The third kappa shape index (κ3) is 5.98. The second-order valence-electron chi connectivity index (χ2n) is 7.93. The Kier molecular flexibility index (Phi) is 7.27. The Bertz CT molecular complexity index is 1200. The minimum absolute atomic E-state index is 0.0498. The largest absolute Gasteiger partial charge is 0.467 e. The van der Waals surface area contributed by atoms with Gasteiger partial charge in [-0.1, -0.05) is 48.5 Å². The lowest BCUT2D eigenvalue weighted by Gasteiger charge is -2.17. The molecule has 12 heteroatoms. The molecule has 3 heterocycles. The van der Waals surface area contributed by atoms with Crippen LogP contribution in [0, 0.1) is 5.92 Å². The maximum Gasteiger partial charge on any atom is 0.422 e. The highest BCUT2D eigenvalue weighted by molar-refractivity contribution is 6.39. The molecule has 0 amide bonds. The van der Waals surface area contributed by atoms with Gasteiger partial charge in [0.1, 0.15) is 0 Å². The minimum Gasteiger partial charge on any atom is -0.467 e. The highest BCUT2D eigenvalue weighted by Gasteiger charge is 2.30. The molecule has 7 nitrogen and oxygen atoms in total. The van der Waals surface area contributed by atoms with E-state index in [0.717, 1.165) is 25.7 Å². The van der Waals surface area contributed by atoms with E-state index < -0.39 is 24.4 Å². The van der Waals surface area contributed by atoms with E-state index in [0.29, 0.717) is 11.2 Å². The highest BCUT2D eigenvalue weighted by Crippen LogP contribution is 2.32. The summed E-state index contributed by atoms with van der Waals surface area (Å²) in [5, 5.41) is 3.36. The number of fused-ring (bicyclic) bond motifs is 1. The molecule has 0 spiro atoms. The average Bonchev–Trinajstić information content (AvgIpc) is 3.19. The van der Waals surface area contributed by atoms with Gasteiger partial charge in [-0.15, -0.1) is 0 Å². The maximum atomic E-state index is 12.9. The molecule has 2 N–H and O–H groups in total. The standard InChI is InChI=1S/C22H20Cl2F3N5O2/c23-14-9-28-10-15(24)18(14)30-21-29-16-8-13(17(33)7-6-12-4-2-1-3-5-12)20(31-19(16)32-21)34-11-22(25,26)27/h6-10,12H,1-5,11H2,(H2,28,29,30,31,32)/b7-6+. The van der Waals surface area contributed by atoms with Crippen LogP contribution in [-0.4, -0.2) is 38.5 Å². The van der Waals surface area contributed by atoms with E-state index >= 15 is 0 Å². The van der Waals surface area contributed by atoms with Crippen LogP contribution in [0.3, 0.4) is 0 Å². The van der Waals surface area contributed by atoms with Crippen molar-refractivity contribution in [3.63, 3.8) is 0 Å². The van der Waals surface area contributed by atoms with E-state index in [1.807, 2.05) is 6.08 Å². The molecule has 3 aromatic rings. The summed E-state index contributed by atoms with van der Waals surface area (Å²) in [7, 11) is 0. The maximum absolute atomic E-state index is 12.9. The smallest absolute Gasteiger partial charge is 0.422 e. The number of carbonyl (C=O) groups is 1. The normalized spacial score (nSPS) is 15.2. The minimum atomic E-state index is -4.60. The zero-order valence-electron chi connectivity index (χ0n) is 17.8. The van der Waals surface area contributed by atoms with Gasteiger partial charge in [0, 0.05) is 12.4 Å². The number of rotatable bonds is 7. The van der Waals surface area contributed by atoms with Crippen LogP contribution in [0.25, 0.3) is 11.2 Å². The van der Waals surface area contributed by atoms with Gasteiger partial charge in [-0.05, 0) is 30.9 Å². The fourth-order valence-electron chi connectivity index (χ4n) is 3.71. The van der Waals surface area contributed by atoms with Crippen LogP contribution in [-0.2, 0) is 0 Å². The lowest BCUT2D eigenvalue weighted by Crippen LogP contribution is -2.20. The van der Waals surface area contributed by atoms with E-state index in [9.17, 15) is 18.0 Å². The Labute approximate surface area is 202 Å². The van der Waals surface area contributed by atoms with Gasteiger partial charge in [-0.2, -0.15) is 23.1 Å². The molecule has 1 saturated carbocycles. The number of allylic oxidation sites excluding steroid dienone is 2. The number of halogens is 5. The predicted molar refractivity (Wildman–Crippen MR) is 123 cm³/mol. The quantitative estimate of drug-likeness (QED) is 0.271. The molecule has 1 aliphatic carbocycles. The molecular weight excluding hydrogens is 494 g/mol. The number of pyridine rings is 2. The first-order valence-corrected chi connectivity index (χ1v) is 11.3. The first kappa shape index (κ1) is 24.3. The van der Waals surface area contributed by atoms with Crippen molar-refractivity contribution in [2.45, 2.75) is 38.3 Å². The molecule has 1 fully saturated rings. The first-order valence-electron chi connectivity index (χ1n) is 10.6. The molecule has 0 unspecified atom stereocenters. The average molecular weight is 514 g/mol. The number of hydrogen-bond donors (Lipinski definition) is 2. The Morgan fingerprint density at radius 2 is 1.88 bits per heavy atom. The molecule has 4 rings (SSSR count). The topological polar surface area (TPSA) is 92.8 Å². The molecule has 34 heavy (non-hydrogen) atoms. The molecule has 0 saturated heterocycles. The first-order chi connectivity index (χ1) is 16.2. The van der Waals surface area contributed by atoms with E-state index in [1.165, 1.54) is 31.0 Å². The number of alkyl halides is 3. The van der Waals surface area contributed by atoms with Gasteiger partial charge in [0.15, 0.2) is 18.0 Å². The van der Waals surface area contributed by atoms with Crippen molar-refractivity contribution >= 4 is 51.8 Å².